The van der Waals surface area contributed by atoms with Crippen LogP contribution in [-0.2, 0) is 9.59 Å². The molecule has 1 saturated heterocycles. The quantitative estimate of drug-likeness (QED) is 0.656. The molecule has 1 unspecified atom stereocenters. The molecule has 1 N–H and O–H groups in total. The second-order valence-electron chi connectivity index (χ2n) is 10.9. The molecule has 1 atom stereocenters. The number of hydrogen-bond acceptors (Lipinski definition) is 6. The van der Waals surface area contributed by atoms with Crippen molar-refractivity contribution in [1.82, 2.24) is 9.88 Å². The minimum atomic E-state index is -0.611. The summed E-state index contributed by atoms with van der Waals surface area (Å²) in [6, 6.07) is 9.83. The monoisotopic (exact) mass is 481 g/mol. The van der Waals surface area contributed by atoms with Gasteiger partial charge in [-0.25, -0.2) is 4.98 Å². The standard InChI is InChI=1S/C28H27N5O3/c29-13-19-12-20(18-7-8-22-21(11-18)25(34)27(35)30-22)24(16-3-4-16)31-26(19)32-9-10-33(28(36)17-5-6-17)23(14-32)15-1-2-15/h7-8,11-12,15-17,23H,1-6,9-10,14H2,(H,30,34,35). The molecule has 0 bridgehead atoms. The number of nitriles is 1. The molecule has 7 rings (SSSR count). The number of amides is 2. The Morgan fingerprint density at radius 1 is 1.03 bits per heavy atom. The molecule has 5 aliphatic rings. The highest BCUT2D eigenvalue weighted by Crippen LogP contribution is 2.46. The van der Waals surface area contributed by atoms with Crippen LogP contribution in [0.4, 0.5) is 11.5 Å². The number of nitrogens with one attached hydrogen (secondary N) is 1. The number of Topliss-reactive ketones (excluding diaryl/α,β-unsaturated/α-hetero) is 1. The summed E-state index contributed by atoms with van der Waals surface area (Å²) in [5.41, 5.74) is 4.00. The molecule has 3 aliphatic carbocycles. The third-order valence-corrected chi connectivity index (χ3v) is 8.24. The fourth-order valence-corrected chi connectivity index (χ4v) is 5.78. The minimum Gasteiger partial charge on any atom is -0.352 e. The highest BCUT2D eigenvalue weighted by molar-refractivity contribution is 6.51. The summed E-state index contributed by atoms with van der Waals surface area (Å²) in [6.45, 7) is 2.07. The Hall–Kier alpha value is -3.73. The van der Waals surface area contributed by atoms with Gasteiger partial charge in [-0.1, -0.05) is 6.07 Å². The summed E-state index contributed by atoms with van der Waals surface area (Å²) in [4.78, 5) is 46.5. The van der Waals surface area contributed by atoms with Gasteiger partial charge in [0.1, 0.15) is 11.9 Å². The molecule has 8 nitrogen and oxygen atoms in total. The smallest absolute Gasteiger partial charge is 0.296 e. The van der Waals surface area contributed by atoms with E-state index in [-0.39, 0.29) is 12.0 Å². The van der Waals surface area contributed by atoms with Gasteiger partial charge in [-0.05, 0) is 68.2 Å². The van der Waals surface area contributed by atoms with E-state index in [0.29, 0.717) is 53.5 Å². The lowest BCUT2D eigenvalue weighted by Gasteiger charge is -2.43. The van der Waals surface area contributed by atoms with Crippen LogP contribution in [0.25, 0.3) is 11.1 Å². The normalized spacial score (nSPS) is 23.4. The molecule has 2 aliphatic heterocycles. The number of carbonyl (C=O) groups is 3. The Balaban J connectivity index is 1.25. The van der Waals surface area contributed by atoms with Crippen molar-refractivity contribution in [3.63, 3.8) is 0 Å². The van der Waals surface area contributed by atoms with Crippen molar-refractivity contribution < 1.29 is 14.4 Å². The number of fused-ring (bicyclic) bond motifs is 1. The Kier molecular flexibility index (Phi) is 4.72. The highest BCUT2D eigenvalue weighted by atomic mass is 16.2. The minimum absolute atomic E-state index is 0.192. The fourth-order valence-electron chi connectivity index (χ4n) is 5.78. The molecular formula is C28H27N5O3. The van der Waals surface area contributed by atoms with Crippen LogP contribution < -0.4 is 10.2 Å². The van der Waals surface area contributed by atoms with E-state index < -0.39 is 11.7 Å². The van der Waals surface area contributed by atoms with E-state index >= 15 is 0 Å². The van der Waals surface area contributed by atoms with Crippen LogP contribution in [0.2, 0.25) is 0 Å². The molecule has 1 aromatic carbocycles. The van der Waals surface area contributed by atoms with Crippen LogP contribution in [0.5, 0.6) is 0 Å². The van der Waals surface area contributed by atoms with E-state index in [1.165, 1.54) is 0 Å². The van der Waals surface area contributed by atoms with E-state index in [1.54, 1.807) is 12.1 Å². The number of piperazine rings is 1. The van der Waals surface area contributed by atoms with Crippen molar-refractivity contribution in [2.75, 3.05) is 29.9 Å². The average Bonchev–Trinajstić information content (AvgIpc) is 3.77. The van der Waals surface area contributed by atoms with Crippen molar-refractivity contribution in [2.24, 2.45) is 11.8 Å². The van der Waals surface area contributed by atoms with Crippen LogP contribution >= 0.6 is 0 Å². The molecule has 2 aromatic rings. The van der Waals surface area contributed by atoms with Crippen molar-refractivity contribution in [2.45, 2.75) is 50.5 Å². The predicted octanol–water partition coefficient (Wildman–Crippen LogP) is 3.47. The van der Waals surface area contributed by atoms with E-state index in [4.69, 9.17) is 4.98 Å². The van der Waals surface area contributed by atoms with E-state index in [9.17, 15) is 19.6 Å². The third-order valence-electron chi connectivity index (χ3n) is 8.24. The Morgan fingerprint density at radius 2 is 1.83 bits per heavy atom. The van der Waals surface area contributed by atoms with Gasteiger partial charge in [-0.2, -0.15) is 5.26 Å². The number of anilines is 2. The zero-order valence-electron chi connectivity index (χ0n) is 20.0. The Labute approximate surface area is 209 Å². The lowest BCUT2D eigenvalue weighted by atomic mass is 9.96. The molecule has 182 valence electrons. The molecule has 4 fully saturated rings. The Morgan fingerprint density at radius 3 is 2.53 bits per heavy atom. The van der Waals surface area contributed by atoms with E-state index in [1.807, 2.05) is 12.1 Å². The lowest BCUT2D eigenvalue weighted by molar-refractivity contribution is -0.135. The number of nitrogens with zero attached hydrogens (tertiary/aromatic N) is 4. The topological polar surface area (TPSA) is 106 Å². The van der Waals surface area contributed by atoms with Gasteiger partial charge in [0.05, 0.1) is 28.6 Å². The number of ketones is 1. The number of pyridine rings is 1. The second-order valence-corrected chi connectivity index (χ2v) is 10.9. The molecule has 36 heavy (non-hydrogen) atoms. The first-order valence-electron chi connectivity index (χ1n) is 13.0. The second kappa shape index (κ2) is 7.89. The van der Waals surface area contributed by atoms with Crippen LogP contribution in [0.15, 0.2) is 24.3 Å². The summed E-state index contributed by atoms with van der Waals surface area (Å²) in [7, 11) is 0. The Bertz CT molecular complexity index is 1370. The predicted molar refractivity (Wildman–Crippen MR) is 132 cm³/mol. The van der Waals surface area contributed by atoms with Crippen LogP contribution in [0.1, 0.15) is 66.1 Å². The molecule has 1 aromatic heterocycles. The van der Waals surface area contributed by atoms with Crippen LogP contribution in [0, 0.1) is 23.2 Å². The maximum atomic E-state index is 12.9. The van der Waals surface area contributed by atoms with Crippen molar-refractivity contribution in [3.05, 3.63) is 41.1 Å². The summed E-state index contributed by atoms with van der Waals surface area (Å²) < 4.78 is 0. The first-order chi connectivity index (χ1) is 17.5. The first kappa shape index (κ1) is 21.5. The van der Waals surface area contributed by atoms with E-state index in [0.717, 1.165) is 61.9 Å². The largest absolute Gasteiger partial charge is 0.352 e. The van der Waals surface area contributed by atoms with Crippen molar-refractivity contribution in [3.8, 4) is 17.2 Å². The van der Waals surface area contributed by atoms with Gasteiger partial charge in [-0.3, -0.25) is 14.4 Å². The lowest BCUT2D eigenvalue weighted by Crippen LogP contribution is -2.57. The zero-order valence-corrected chi connectivity index (χ0v) is 20.0. The maximum absolute atomic E-state index is 12.9. The summed E-state index contributed by atoms with van der Waals surface area (Å²) >= 11 is 0. The average molecular weight is 482 g/mol. The molecule has 3 heterocycles. The van der Waals surface area contributed by atoms with Gasteiger partial charge in [-0.15, -0.1) is 0 Å². The number of carbonyl (C=O) groups excluding carboxylic acids is 3. The molecule has 2 amide bonds. The number of rotatable bonds is 5. The van der Waals surface area contributed by atoms with Gasteiger partial charge in [0.25, 0.3) is 11.7 Å². The molecule has 0 spiro atoms. The van der Waals surface area contributed by atoms with Crippen LogP contribution in [-0.4, -0.2) is 53.2 Å². The first-order valence-corrected chi connectivity index (χ1v) is 13.0. The zero-order chi connectivity index (χ0) is 24.6. The van der Waals surface area contributed by atoms with E-state index in [2.05, 4.69) is 21.2 Å². The van der Waals surface area contributed by atoms with Gasteiger partial charge >= 0.3 is 0 Å². The highest BCUT2D eigenvalue weighted by Gasteiger charge is 2.45. The SMILES string of the molecule is N#Cc1cc(-c2ccc3c(c2)C(=O)C(=O)N3)c(C2CC2)nc1N1CCN(C(=O)C2CC2)C(C2CC2)C1. The van der Waals surface area contributed by atoms with Gasteiger partial charge in [0, 0.05) is 37.0 Å². The molecular weight excluding hydrogens is 454 g/mol. The van der Waals surface area contributed by atoms with Crippen molar-refractivity contribution in [1.29, 1.82) is 5.26 Å². The van der Waals surface area contributed by atoms with Crippen molar-refractivity contribution >= 4 is 29.1 Å². The molecule has 8 heteroatoms. The number of aromatic nitrogens is 1. The maximum Gasteiger partial charge on any atom is 0.296 e. The molecule has 3 saturated carbocycles. The third kappa shape index (κ3) is 3.57. The molecule has 0 radical (unpaired) electrons. The summed E-state index contributed by atoms with van der Waals surface area (Å²) in [5.74, 6) is 0.969. The summed E-state index contributed by atoms with van der Waals surface area (Å²) in [6.07, 6.45) is 6.44. The van der Waals surface area contributed by atoms with Gasteiger partial charge in [0.15, 0.2) is 0 Å². The fraction of sp³-hybridized carbons (Fsp3) is 0.464. The van der Waals surface area contributed by atoms with Gasteiger partial charge in [0.2, 0.25) is 5.91 Å². The van der Waals surface area contributed by atoms with Crippen LogP contribution in [0.3, 0.4) is 0 Å². The number of benzene rings is 1. The number of hydrogen-bond donors (Lipinski definition) is 1. The summed E-state index contributed by atoms with van der Waals surface area (Å²) in [5, 5.41) is 12.7. The van der Waals surface area contributed by atoms with Gasteiger partial charge < -0.3 is 15.1 Å².